The first kappa shape index (κ1) is 10.7. The molecule has 0 aromatic carbocycles. The number of fused-ring (bicyclic) bond motifs is 1. The van der Waals surface area contributed by atoms with Gasteiger partial charge in [0, 0.05) is 23.8 Å². The third-order valence-electron chi connectivity index (χ3n) is 3.08. The number of hydrogen-bond donors (Lipinski definition) is 0. The van der Waals surface area contributed by atoms with Crippen LogP contribution in [0.3, 0.4) is 0 Å². The minimum atomic E-state index is 0.801. The van der Waals surface area contributed by atoms with Crippen LogP contribution in [0.4, 0.5) is 0 Å². The summed E-state index contributed by atoms with van der Waals surface area (Å²) in [6.07, 6.45) is 8.27. The molecule has 0 saturated heterocycles. The monoisotopic (exact) mass is 236 g/mol. The molecule has 0 unspecified atom stereocenters. The Balaban J connectivity index is 2.12. The molecule has 18 heavy (non-hydrogen) atoms. The fraction of sp³-hybridized carbons (Fsp3) is 0.0714. The molecular formula is C14H12N4. The summed E-state index contributed by atoms with van der Waals surface area (Å²) < 4.78 is 1.76. The second-order valence-electron chi connectivity index (χ2n) is 4.03. The maximum absolute atomic E-state index is 4.14. The molecule has 88 valence electrons. The topological polar surface area (TPSA) is 42.5 Å². The van der Waals surface area contributed by atoms with Gasteiger partial charge in [-0.2, -0.15) is 5.10 Å². The van der Waals surface area contributed by atoms with Crippen molar-refractivity contribution in [3.63, 3.8) is 0 Å². The zero-order valence-electron chi connectivity index (χ0n) is 9.87. The molecular weight excluding hydrogens is 224 g/mol. The summed E-state index contributed by atoms with van der Waals surface area (Å²) in [5.41, 5.74) is 5.07. The van der Waals surface area contributed by atoms with Crippen molar-refractivity contribution < 1.29 is 0 Å². The van der Waals surface area contributed by atoms with Crippen LogP contribution in [-0.2, 0) is 0 Å². The number of hydrogen-bond acceptors (Lipinski definition) is 3. The number of nitrogens with zero attached hydrogens (tertiary/aromatic N) is 4. The van der Waals surface area contributed by atoms with Crippen LogP contribution >= 0.6 is 0 Å². The first-order chi connectivity index (χ1) is 8.83. The van der Waals surface area contributed by atoms with Crippen LogP contribution in [0.1, 0.15) is 12.0 Å². The quantitative estimate of drug-likeness (QED) is 0.769. The molecule has 2 aromatic heterocycles. The Morgan fingerprint density at radius 1 is 1.39 bits per heavy atom. The Morgan fingerprint density at radius 2 is 2.28 bits per heavy atom. The van der Waals surface area contributed by atoms with E-state index in [1.807, 2.05) is 24.4 Å². The van der Waals surface area contributed by atoms with Crippen LogP contribution in [0.5, 0.6) is 0 Å². The SMILES string of the molecule is C=CC1=C(N=C)CC=C1c1ccc2ncnn2c1. The lowest BCUT2D eigenvalue weighted by Gasteiger charge is -2.06. The van der Waals surface area contributed by atoms with E-state index in [9.17, 15) is 0 Å². The van der Waals surface area contributed by atoms with Crippen LogP contribution in [0.25, 0.3) is 11.2 Å². The van der Waals surface area contributed by atoms with Crippen molar-refractivity contribution in [2.75, 3.05) is 0 Å². The van der Waals surface area contributed by atoms with E-state index in [1.165, 1.54) is 0 Å². The number of aliphatic imine (C=N–C) groups is 1. The van der Waals surface area contributed by atoms with E-state index >= 15 is 0 Å². The number of allylic oxidation sites excluding steroid dienone is 4. The molecule has 4 nitrogen and oxygen atoms in total. The molecule has 0 saturated carbocycles. The van der Waals surface area contributed by atoms with Gasteiger partial charge in [-0.1, -0.05) is 18.7 Å². The van der Waals surface area contributed by atoms with Gasteiger partial charge in [-0.25, -0.2) is 9.50 Å². The molecule has 0 amide bonds. The van der Waals surface area contributed by atoms with Crippen molar-refractivity contribution in [3.8, 4) is 0 Å². The summed E-state index contributed by atoms with van der Waals surface area (Å²) in [5, 5.41) is 4.14. The predicted octanol–water partition coefficient (Wildman–Crippen LogP) is 2.66. The normalized spacial score (nSPS) is 15.0. The second kappa shape index (κ2) is 4.07. The summed E-state index contributed by atoms with van der Waals surface area (Å²) in [5.74, 6) is 0. The summed E-state index contributed by atoms with van der Waals surface area (Å²) in [6.45, 7) is 7.44. The van der Waals surface area contributed by atoms with Crippen LogP contribution in [0.15, 0.2) is 59.7 Å². The fourth-order valence-electron chi connectivity index (χ4n) is 2.20. The maximum atomic E-state index is 4.14. The van der Waals surface area contributed by atoms with Gasteiger partial charge in [0.15, 0.2) is 5.65 Å². The third kappa shape index (κ3) is 1.50. The summed E-state index contributed by atoms with van der Waals surface area (Å²) in [7, 11) is 0. The van der Waals surface area contributed by atoms with Gasteiger partial charge < -0.3 is 0 Å². The minimum absolute atomic E-state index is 0.801. The van der Waals surface area contributed by atoms with Gasteiger partial charge in [-0.05, 0) is 24.4 Å². The van der Waals surface area contributed by atoms with Gasteiger partial charge in [0.2, 0.25) is 0 Å². The predicted molar refractivity (Wildman–Crippen MR) is 72.4 cm³/mol. The first-order valence-corrected chi connectivity index (χ1v) is 5.66. The molecule has 2 heterocycles. The molecule has 1 aliphatic carbocycles. The Labute approximate surface area is 105 Å². The lowest BCUT2D eigenvalue weighted by Crippen LogP contribution is -1.92. The largest absolute Gasteiger partial charge is 0.268 e. The van der Waals surface area contributed by atoms with Gasteiger partial charge in [0.25, 0.3) is 0 Å². The Kier molecular flexibility index (Phi) is 2.41. The molecule has 0 atom stereocenters. The van der Waals surface area contributed by atoms with Crippen molar-refractivity contribution in [3.05, 3.63) is 60.2 Å². The zero-order valence-corrected chi connectivity index (χ0v) is 9.87. The highest BCUT2D eigenvalue weighted by Gasteiger charge is 2.16. The van der Waals surface area contributed by atoms with Crippen LogP contribution < -0.4 is 0 Å². The Hall–Kier alpha value is -2.49. The molecule has 0 spiro atoms. The second-order valence-corrected chi connectivity index (χ2v) is 4.03. The molecule has 4 heteroatoms. The number of aromatic nitrogens is 3. The van der Waals surface area contributed by atoms with Crippen LogP contribution in [0, 0.1) is 0 Å². The third-order valence-corrected chi connectivity index (χ3v) is 3.08. The highest BCUT2D eigenvalue weighted by atomic mass is 15.3. The van der Waals surface area contributed by atoms with Crippen molar-refractivity contribution in [1.29, 1.82) is 0 Å². The molecule has 0 aliphatic heterocycles. The number of pyridine rings is 1. The smallest absolute Gasteiger partial charge is 0.155 e. The molecule has 3 rings (SSSR count). The molecule has 0 N–H and O–H groups in total. The first-order valence-electron chi connectivity index (χ1n) is 5.66. The van der Waals surface area contributed by atoms with Crippen molar-refractivity contribution in [2.45, 2.75) is 6.42 Å². The lowest BCUT2D eigenvalue weighted by molar-refractivity contribution is 0.958. The van der Waals surface area contributed by atoms with Crippen LogP contribution in [-0.4, -0.2) is 21.3 Å². The highest BCUT2D eigenvalue weighted by molar-refractivity contribution is 5.85. The minimum Gasteiger partial charge on any atom is -0.268 e. The summed E-state index contributed by atoms with van der Waals surface area (Å²) in [6, 6.07) is 3.98. The molecule has 1 aliphatic rings. The van der Waals surface area contributed by atoms with E-state index in [0.717, 1.165) is 34.5 Å². The van der Waals surface area contributed by atoms with Crippen molar-refractivity contribution in [1.82, 2.24) is 14.6 Å². The van der Waals surface area contributed by atoms with Crippen molar-refractivity contribution >= 4 is 17.9 Å². The van der Waals surface area contributed by atoms with Gasteiger partial charge in [-0.15, -0.1) is 0 Å². The zero-order chi connectivity index (χ0) is 12.5. The van der Waals surface area contributed by atoms with E-state index in [1.54, 1.807) is 10.8 Å². The molecule has 0 radical (unpaired) electrons. The van der Waals surface area contributed by atoms with Crippen LogP contribution in [0.2, 0.25) is 0 Å². The lowest BCUT2D eigenvalue weighted by atomic mass is 10.0. The Morgan fingerprint density at radius 3 is 3.06 bits per heavy atom. The number of rotatable bonds is 3. The van der Waals surface area contributed by atoms with Gasteiger partial charge in [0.1, 0.15) is 6.33 Å². The maximum Gasteiger partial charge on any atom is 0.155 e. The van der Waals surface area contributed by atoms with E-state index in [0.29, 0.717) is 0 Å². The average molecular weight is 236 g/mol. The van der Waals surface area contributed by atoms with E-state index in [-0.39, 0.29) is 0 Å². The van der Waals surface area contributed by atoms with E-state index < -0.39 is 0 Å². The molecule has 2 aromatic rings. The van der Waals surface area contributed by atoms with Gasteiger partial charge in [0.05, 0.1) is 5.70 Å². The summed E-state index contributed by atoms with van der Waals surface area (Å²) in [4.78, 5) is 8.17. The summed E-state index contributed by atoms with van der Waals surface area (Å²) >= 11 is 0. The molecule has 0 bridgehead atoms. The average Bonchev–Trinajstić information content (AvgIpc) is 3.03. The standard InChI is InChI=1S/C14H12N4/c1-3-11-12(5-6-13(11)15-2)10-4-7-14-16-9-17-18(14)8-10/h3-5,7-9H,1-2,6H2. The fourth-order valence-corrected chi connectivity index (χ4v) is 2.20. The van der Waals surface area contributed by atoms with E-state index in [4.69, 9.17) is 0 Å². The highest BCUT2D eigenvalue weighted by Crippen LogP contribution is 2.34. The Bertz CT molecular complexity index is 703. The molecule has 0 fully saturated rings. The van der Waals surface area contributed by atoms with Gasteiger partial charge in [-0.3, -0.25) is 4.99 Å². The van der Waals surface area contributed by atoms with E-state index in [2.05, 4.69) is 34.4 Å². The van der Waals surface area contributed by atoms with Gasteiger partial charge >= 0.3 is 0 Å². The van der Waals surface area contributed by atoms with Crippen molar-refractivity contribution in [2.24, 2.45) is 4.99 Å².